The van der Waals surface area contributed by atoms with Crippen LogP contribution in [0.5, 0.6) is 0 Å². The van der Waals surface area contributed by atoms with Crippen LogP contribution in [0.15, 0.2) is 24.3 Å². The van der Waals surface area contributed by atoms with E-state index in [0.717, 1.165) is 18.5 Å². The molecule has 116 valence electrons. The van der Waals surface area contributed by atoms with Gasteiger partial charge in [-0.25, -0.2) is 0 Å². The maximum absolute atomic E-state index is 3.68. The van der Waals surface area contributed by atoms with Crippen LogP contribution < -0.4 is 5.32 Å². The van der Waals surface area contributed by atoms with Crippen molar-refractivity contribution in [2.75, 3.05) is 13.1 Å². The van der Waals surface area contributed by atoms with E-state index in [2.05, 4.69) is 48.3 Å². The summed E-state index contributed by atoms with van der Waals surface area (Å²) in [5.41, 5.74) is 2.96. The fourth-order valence-electron chi connectivity index (χ4n) is 3.74. The summed E-state index contributed by atoms with van der Waals surface area (Å²) in [5, 5.41) is 3.68. The Morgan fingerprint density at radius 2 is 1.90 bits per heavy atom. The predicted molar refractivity (Wildman–Crippen MR) is 89.6 cm³/mol. The Morgan fingerprint density at radius 1 is 1.14 bits per heavy atom. The average Bonchev–Trinajstić information content (AvgIpc) is 3.25. The largest absolute Gasteiger partial charge is 0.313 e. The summed E-state index contributed by atoms with van der Waals surface area (Å²) in [5.74, 6) is 0. The van der Waals surface area contributed by atoms with Crippen LogP contribution in [-0.2, 0) is 6.42 Å². The first-order valence-corrected chi connectivity index (χ1v) is 8.89. The van der Waals surface area contributed by atoms with E-state index in [0.29, 0.717) is 6.04 Å². The molecule has 0 spiro atoms. The zero-order chi connectivity index (χ0) is 14.7. The third kappa shape index (κ3) is 3.67. The molecule has 2 unspecified atom stereocenters. The lowest BCUT2D eigenvalue weighted by molar-refractivity contribution is 0.166. The molecule has 1 aromatic rings. The van der Waals surface area contributed by atoms with Gasteiger partial charge >= 0.3 is 0 Å². The number of rotatable bonds is 7. The third-order valence-electron chi connectivity index (χ3n) is 5.17. The van der Waals surface area contributed by atoms with E-state index >= 15 is 0 Å². The van der Waals surface area contributed by atoms with Crippen molar-refractivity contribution in [1.29, 1.82) is 0 Å². The van der Waals surface area contributed by atoms with Crippen molar-refractivity contribution in [2.24, 2.45) is 0 Å². The van der Waals surface area contributed by atoms with Gasteiger partial charge in [-0.1, -0.05) is 38.1 Å². The highest BCUT2D eigenvalue weighted by atomic mass is 15.2. The van der Waals surface area contributed by atoms with Crippen LogP contribution in [0.2, 0.25) is 0 Å². The number of benzene rings is 1. The Labute approximate surface area is 129 Å². The molecule has 1 saturated heterocycles. The van der Waals surface area contributed by atoms with Gasteiger partial charge in [0.2, 0.25) is 0 Å². The van der Waals surface area contributed by atoms with Gasteiger partial charge < -0.3 is 5.32 Å². The van der Waals surface area contributed by atoms with Crippen LogP contribution in [0.3, 0.4) is 0 Å². The minimum atomic E-state index is 0.603. The van der Waals surface area contributed by atoms with Crippen LogP contribution in [0.25, 0.3) is 0 Å². The van der Waals surface area contributed by atoms with Crippen LogP contribution in [0, 0.1) is 0 Å². The van der Waals surface area contributed by atoms with Crippen LogP contribution >= 0.6 is 0 Å². The standard InChI is InChI=1S/C19H30N2/c1-3-15-7-9-16(10-8-15)19(4-2)21(18-11-12-18)14-17-6-5-13-20-17/h7-10,17-20H,3-6,11-14H2,1-2H3. The van der Waals surface area contributed by atoms with Crippen molar-refractivity contribution < 1.29 is 0 Å². The second-order valence-corrected chi connectivity index (χ2v) is 6.74. The Hall–Kier alpha value is -0.860. The zero-order valence-corrected chi connectivity index (χ0v) is 13.6. The van der Waals surface area contributed by atoms with E-state index in [1.165, 1.54) is 56.3 Å². The van der Waals surface area contributed by atoms with Gasteiger partial charge in [0, 0.05) is 24.7 Å². The van der Waals surface area contributed by atoms with Crippen molar-refractivity contribution in [1.82, 2.24) is 10.2 Å². The lowest BCUT2D eigenvalue weighted by Gasteiger charge is -2.34. The van der Waals surface area contributed by atoms with Crippen molar-refractivity contribution in [3.8, 4) is 0 Å². The van der Waals surface area contributed by atoms with Gasteiger partial charge in [0.25, 0.3) is 0 Å². The van der Waals surface area contributed by atoms with Crippen molar-refractivity contribution in [3.63, 3.8) is 0 Å². The topological polar surface area (TPSA) is 15.3 Å². The predicted octanol–water partition coefficient (Wildman–Crippen LogP) is 3.92. The van der Waals surface area contributed by atoms with Gasteiger partial charge in [-0.05, 0) is 56.2 Å². The average molecular weight is 286 g/mol. The number of nitrogens with one attached hydrogen (secondary N) is 1. The highest BCUT2D eigenvalue weighted by Crippen LogP contribution is 2.36. The fourth-order valence-corrected chi connectivity index (χ4v) is 3.74. The molecule has 2 aliphatic rings. The molecule has 2 atom stereocenters. The summed E-state index contributed by atoms with van der Waals surface area (Å²) in [6.07, 6.45) is 7.86. The Balaban J connectivity index is 1.73. The molecule has 2 fully saturated rings. The number of hydrogen-bond donors (Lipinski definition) is 1. The summed E-state index contributed by atoms with van der Waals surface area (Å²) >= 11 is 0. The molecular formula is C19H30N2. The van der Waals surface area contributed by atoms with Crippen molar-refractivity contribution in [2.45, 2.75) is 70.5 Å². The quantitative estimate of drug-likeness (QED) is 0.817. The fraction of sp³-hybridized carbons (Fsp3) is 0.684. The van der Waals surface area contributed by atoms with E-state index < -0.39 is 0 Å². The van der Waals surface area contributed by atoms with Gasteiger partial charge in [0.05, 0.1) is 0 Å². The van der Waals surface area contributed by atoms with Crippen molar-refractivity contribution >= 4 is 0 Å². The van der Waals surface area contributed by atoms with E-state index in [4.69, 9.17) is 0 Å². The molecule has 21 heavy (non-hydrogen) atoms. The third-order valence-corrected chi connectivity index (χ3v) is 5.17. The Morgan fingerprint density at radius 3 is 2.43 bits per heavy atom. The molecule has 0 bridgehead atoms. The Bertz CT molecular complexity index is 429. The van der Waals surface area contributed by atoms with Gasteiger partial charge in [-0.3, -0.25) is 4.90 Å². The van der Waals surface area contributed by atoms with Gasteiger partial charge in [-0.2, -0.15) is 0 Å². The van der Waals surface area contributed by atoms with E-state index in [-0.39, 0.29) is 0 Å². The van der Waals surface area contributed by atoms with Gasteiger partial charge in [0.1, 0.15) is 0 Å². The maximum atomic E-state index is 3.68. The SMILES string of the molecule is CCc1ccc(C(CC)N(CC2CCCN2)C2CC2)cc1. The summed E-state index contributed by atoms with van der Waals surface area (Å²) in [4.78, 5) is 2.80. The summed E-state index contributed by atoms with van der Waals surface area (Å²) in [6.45, 7) is 7.02. The Kier molecular flexibility index (Phi) is 4.97. The monoisotopic (exact) mass is 286 g/mol. The first-order valence-electron chi connectivity index (χ1n) is 8.89. The van der Waals surface area contributed by atoms with E-state index in [9.17, 15) is 0 Å². The molecule has 0 aromatic heterocycles. The maximum Gasteiger partial charge on any atom is 0.0349 e. The second kappa shape index (κ2) is 6.93. The minimum absolute atomic E-state index is 0.603. The zero-order valence-electron chi connectivity index (χ0n) is 13.6. The molecule has 1 saturated carbocycles. The molecule has 0 amide bonds. The molecule has 1 aliphatic heterocycles. The van der Waals surface area contributed by atoms with E-state index in [1.54, 1.807) is 0 Å². The van der Waals surface area contributed by atoms with Crippen LogP contribution in [-0.4, -0.2) is 30.1 Å². The highest BCUT2D eigenvalue weighted by Gasteiger charge is 2.35. The number of aryl methyl sites for hydroxylation is 1. The lowest BCUT2D eigenvalue weighted by Crippen LogP contribution is -2.40. The number of hydrogen-bond acceptors (Lipinski definition) is 2. The summed E-state index contributed by atoms with van der Waals surface area (Å²) in [6, 6.07) is 11.5. The molecule has 1 aromatic carbocycles. The van der Waals surface area contributed by atoms with Gasteiger partial charge in [0.15, 0.2) is 0 Å². The molecule has 1 heterocycles. The molecule has 2 nitrogen and oxygen atoms in total. The first-order chi connectivity index (χ1) is 10.3. The minimum Gasteiger partial charge on any atom is -0.313 e. The molecule has 3 rings (SSSR count). The summed E-state index contributed by atoms with van der Waals surface area (Å²) in [7, 11) is 0. The van der Waals surface area contributed by atoms with Crippen LogP contribution in [0.4, 0.5) is 0 Å². The summed E-state index contributed by atoms with van der Waals surface area (Å²) < 4.78 is 0. The number of nitrogens with zero attached hydrogens (tertiary/aromatic N) is 1. The molecule has 2 heteroatoms. The molecule has 1 N–H and O–H groups in total. The molecular weight excluding hydrogens is 256 g/mol. The van der Waals surface area contributed by atoms with E-state index in [1.807, 2.05) is 0 Å². The van der Waals surface area contributed by atoms with Crippen LogP contribution in [0.1, 0.15) is 63.1 Å². The van der Waals surface area contributed by atoms with Crippen molar-refractivity contribution in [3.05, 3.63) is 35.4 Å². The first kappa shape index (κ1) is 15.1. The molecule has 0 radical (unpaired) electrons. The molecule has 1 aliphatic carbocycles. The highest BCUT2D eigenvalue weighted by molar-refractivity contribution is 5.25. The van der Waals surface area contributed by atoms with Gasteiger partial charge in [-0.15, -0.1) is 0 Å². The lowest BCUT2D eigenvalue weighted by atomic mass is 9.99. The second-order valence-electron chi connectivity index (χ2n) is 6.74. The smallest absolute Gasteiger partial charge is 0.0349 e. The normalized spacial score (nSPS) is 23.7.